The van der Waals surface area contributed by atoms with Gasteiger partial charge in [-0.25, -0.2) is 9.55 Å². The van der Waals surface area contributed by atoms with Gasteiger partial charge in [0.05, 0.1) is 11.1 Å². The van der Waals surface area contributed by atoms with E-state index in [4.69, 9.17) is 4.42 Å². The van der Waals surface area contributed by atoms with Crippen LogP contribution in [0.15, 0.2) is 47.1 Å². The molecule has 0 bridgehead atoms. The Labute approximate surface area is 129 Å². The molecule has 0 fully saturated rings. The van der Waals surface area contributed by atoms with E-state index >= 15 is 0 Å². The van der Waals surface area contributed by atoms with Crippen molar-refractivity contribution in [3.8, 4) is 0 Å². The van der Waals surface area contributed by atoms with E-state index in [-0.39, 0.29) is 6.85 Å². The van der Waals surface area contributed by atoms with Crippen LogP contribution in [0.5, 0.6) is 0 Å². The molecule has 0 saturated heterocycles. The van der Waals surface area contributed by atoms with Crippen LogP contribution in [0.2, 0.25) is 0 Å². The van der Waals surface area contributed by atoms with E-state index in [9.17, 15) is 0 Å². The lowest BCUT2D eigenvalue weighted by Crippen LogP contribution is -2.60. The molecule has 0 unspecified atom stereocenters. The van der Waals surface area contributed by atoms with Gasteiger partial charge in [0.1, 0.15) is 7.05 Å². The molecule has 108 valence electrons. The SMILES string of the molecule is Cc1ccc(B2C=Cc3oc4ncccc4c3N2C)[n+](C)c1. The van der Waals surface area contributed by atoms with Gasteiger partial charge in [0.25, 0.3) is 0 Å². The van der Waals surface area contributed by atoms with Crippen LogP contribution in [-0.2, 0) is 7.05 Å². The summed E-state index contributed by atoms with van der Waals surface area (Å²) < 4.78 is 8.03. The number of hydrogen-bond donors (Lipinski definition) is 0. The number of nitrogens with zero attached hydrogens (tertiary/aromatic N) is 3. The van der Waals surface area contributed by atoms with Crippen molar-refractivity contribution in [1.29, 1.82) is 0 Å². The first kappa shape index (κ1) is 13.1. The largest absolute Gasteiger partial charge is 0.436 e. The first-order valence-electron chi connectivity index (χ1n) is 7.40. The topological polar surface area (TPSA) is 33.2 Å². The minimum atomic E-state index is 0.180. The molecule has 0 aliphatic carbocycles. The van der Waals surface area contributed by atoms with Gasteiger partial charge in [-0.15, -0.1) is 0 Å². The third-order valence-corrected chi connectivity index (χ3v) is 4.29. The molecule has 4 rings (SSSR count). The van der Waals surface area contributed by atoms with E-state index in [1.807, 2.05) is 6.07 Å². The average Bonchev–Trinajstić information content (AvgIpc) is 2.88. The highest BCUT2D eigenvalue weighted by molar-refractivity contribution is 6.81. The second-order valence-electron chi connectivity index (χ2n) is 5.83. The summed E-state index contributed by atoms with van der Waals surface area (Å²) in [5.74, 6) is 3.05. The van der Waals surface area contributed by atoms with Crippen molar-refractivity contribution in [3.05, 3.63) is 54.0 Å². The number of fused-ring (bicyclic) bond motifs is 3. The summed E-state index contributed by atoms with van der Waals surface area (Å²) in [6.07, 6.45) is 5.97. The smallest absolute Gasteiger partial charge is 0.396 e. The molecule has 0 N–H and O–H groups in total. The van der Waals surface area contributed by atoms with Crippen molar-refractivity contribution in [2.75, 3.05) is 11.9 Å². The molecule has 4 nitrogen and oxygen atoms in total. The zero-order valence-electron chi connectivity index (χ0n) is 12.9. The summed E-state index contributed by atoms with van der Waals surface area (Å²) in [6.45, 7) is 2.29. The summed E-state index contributed by atoms with van der Waals surface area (Å²) in [7, 11) is 4.20. The molecule has 5 heteroatoms. The molecule has 0 radical (unpaired) electrons. The Morgan fingerprint density at radius 2 is 2.14 bits per heavy atom. The molecule has 0 aromatic carbocycles. The van der Waals surface area contributed by atoms with Crippen LogP contribution in [0.4, 0.5) is 5.69 Å². The maximum absolute atomic E-state index is 5.85. The number of rotatable bonds is 1. The molecule has 1 aliphatic heterocycles. The van der Waals surface area contributed by atoms with Gasteiger partial charge in [0, 0.05) is 11.8 Å². The molecular weight excluding hydrogens is 273 g/mol. The normalized spacial score (nSPS) is 13.8. The Bertz CT molecular complexity index is 900. The van der Waals surface area contributed by atoms with E-state index in [2.05, 4.69) is 71.8 Å². The number of anilines is 1. The number of hydrogen-bond acceptors (Lipinski definition) is 3. The molecule has 22 heavy (non-hydrogen) atoms. The van der Waals surface area contributed by atoms with Gasteiger partial charge in [-0.2, -0.15) is 0 Å². The molecule has 0 amide bonds. The second kappa shape index (κ2) is 4.73. The molecule has 0 saturated carbocycles. The molecule has 3 aromatic heterocycles. The van der Waals surface area contributed by atoms with Crippen LogP contribution in [0.3, 0.4) is 0 Å². The van der Waals surface area contributed by atoms with Crippen molar-refractivity contribution in [2.45, 2.75) is 6.92 Å². The Morgan fingerprint density at radius 1 is 1.27 bits per heavy atom. The van der Waals surface area contributed by atoms with Crippen molar-refractivity contribution >= 4 is 35.3 Å². The van der Waals surface area contributed by atoms with Crippen LogP contribution in [0.25, 0.3) is 17.2 Å². The summed E-state index contributed by atoms with van der Waals surface area (Å²) in [5, 5.41) is 1.06. The maximum Gasteiger partial charge on any atom is 0.396 e. The summed E-state index contributed by atoms with van der Waals surface area (Å²) in [5.41, 5.74) is 4.30. The second-order valence-corrected chi connectivity index (χ2v) is 5.83. The van der Waals surface area contributed by atoms with E-state index in [1.165, 1.54) is 11.2 Å². The molecule has 0 atom stereocenters. The van der Waals surface area contributed by atoms with Crippen LogP contribution in [0, 0.1) is 6.92 Å². The lowest BCUT2D eigenvalue weighted by atomic mass is 9.55. The summed E-state index contributed by atoms with van der Waals surface area (Å²) in [4.78, 5) is 6.57. The molecule has 0 spiro atoms. The minimum absolute atomic E-state index is 0.180. The van der Waals surface area contributed by atoms with Crippen molar-refractivity contribution in [3.63, 3.8) is 0 Å². The summed E-state index contributed by atoms with van der Waals surface area (Å²) >= 11 is 0. The Kier molecular flexibility index (Phi) is 2.82. The Balaban J connectivity index is 1.86. The third-order valence-electron chi connectivity index (χ3n) is 4.29. The number of aromatic nitrogens is 2. The fourth-order valence-corrected chi connectivity index (χ4v) is 3.22. The Morgan fingerprint density at radius 3 is 2.95 bits per heavy atom. The molecule has 1 aliphatic rings. The zero-order chi connectivity index (χ0) is 15.3. The van der Waals surface area contributed by atoms with Crippen molar-refractivity contribution in [2.24, 2.45) is 7.05 Å². The highest BCUT2D eigenvalue weighted by Gasteiger charge is 2.34. The van der Waals surface area contributed by atoms with E-state index in [1.54, 1.807) is 6.20 Å². The predicted octanol–water partition coefficient (Wildman–Crippen LogP) is 1.86. The lowest BCUT2D eigenvalue weighted by molar-refractivity contribution is -0.654. The van der Waals surface area contributed by atoms with Crippen molar-refractivity contribution < 1.29 is 8.98 Å². The number of pyridine rings is 2. The zero-order valence-corrected chi connectivity index (χ0v) is 12.9. The van der Waals surface area contributed by atoms with E-state index in [0.717, 1.165) is 16.8 Å². The van der Waals surface area contributed by atoms with Gasteiger partial charge in [0.2, 0.25) is 5.71 Å². The van der Waals surface area contributed by atoms with E-state index in [0.29, 0.717) is 5.71 Å². The minimum Gasteiger partial charge on any atom is -0.436 e. The van der Waals surface area contributed by atoms with Gasteiger partial charge in [-0.3, -0.25) is 0 Å². The molecule has 3 aromatic rings. The average molecular weight is 290 g/mol. The van der Waals surface area contributed by atoms with Crippen LogP contribution in [0.1, 0.15) is 11.3 Å². The quantitative estimate of drug-likeness (QED) is 0.506. The lowest BCUT2D eigenvalue weighted by Gasteiger charge is -2.25. The van der Waals surface area contributed by atoms with Crippen LogP contribution < -0.4 is 15.0 Å². The van der Waals surface area contributed by atoms with Gasteiger partial charge >= 0.3 is 6.85 Å². The van der Waals surface area contributed by atoms with Gasteiger partial charge in [0.15, 0.2) is 17.6 Å². The Hall–Kier alpha value is -2.56. The van der Waals surface area contributed by atoms with E-state index < -0.39 is 0 Å². The number of aryl methyl sites for hydroxylation is 2. The van der Waals surface area contributed by atoms with Gasteiger partial charge in [-0.05, 0) is 44.3 Å². The van der Waals surface area contributed by atoms with Crippen LogP contribution in [-0.4, -0.2) is 18.9 Å². The van der Waals surface area contributed by atoms with Crippen molar-refractivity contribution in [1.82, 2.24) is 4.98 Å². The first-order valence-corrected chi connectivity index (χ1v) is 7.40. The highest BCUT2D eigenvalue weighted by atomic mass is 16.3. The standard InChI is InChI=1S/C17H17BN3O/c1-12-6-7-15(20(2)11-12)18-9-8-14-16(21(18)3)13-5-4-10-19-17(13)22-14/h4-11H,1-3H3/q+1. The maximum atomic E-state index is 5.85. The summed E-state index contributed by atoms with van der Waals surface area (Å²) in [6, 6.07) is 8.35. The first-order chi connectivity index (χ1) is 10.6. The van der Waals surface area contributed by atoms with Gasteiger partial charge in [-0.1, -0.05) is 5.98 Å². The monoisotopic (exact) mass is 290 g/mol. The van der Waals surface area contributed by atoms with Gasteiger partial charge < -0.3 is 9.23 Å². The fraction of sp³-hybridized carbons (Fsp3) is 0.176. The molecular formula is C17H17BN3O+. The highest BCUT2D eigenvalue weighted by Crippen LogP contribution is 2.35. The molecule has 4 heterocycles. The number of furan rings is 1. The third kappa shape index (κ3) is 1.85. The fourth-order valence-electron chi connectivity index (χ4n) is 3.22. The predicted molar refractivity (Wildman–Crippen MR) is 89.2 cm³/mol. The van der Waals surface area contributed by atoms with Crippen LogP contribution >= 0.6 is 0 Å².